The van der Waals surface area contributed by atoms with Crippen LogP contribution < -0.4 is 5.73 Å². The smallest absolute Gasteiger partial charge is 0.326 e. The number of methoxy groups -OCH3 is 1. The van der Waals surface area contributed by atoms with E-state index < -0.39 is 5.54 Å². The molecule has 1 aromatic carbocycles. The maximum atomic E-state index is 11.7. The Morgan fingerprint density at radius 3 is 2.50 bits per heavy atom. The van der Waals surface area contributed by atoms with Gasteiger partial charge in [-0.3, -0.25) is 4.79 Å². The first kappa shape index (κ1) is 14.5. The Morgan fingerprint density at radius 2 is 2.00 bits per heavy atom. The van der Waals surface area contributed by atoms with Crippen molar-refractivity contribution in [3.05, 3.63) is 42.0 Å². The van der Waals surface area contributed by atoms with E-state index in [0.29, 0.717) is 6.42 Å². The monoisotopic (exact) mass is 247 g/mol. The number of benzene rings is 1. The molecule has 0 heterocycles. The van der Waals surface area contributed by atoms with Crippen LogP contribution in [0.15, 0.2) is 36.4 Å². The van der Waals surface area contributed by atoms with E-state index in [4.69, 9.17) is 10.5 Å². The second-order valence-electron chi connectivity index (χ2n) is 4.70. The lowest BCUT2D eigenvalue weighted by Crippen LogP contribution is -2.52. The zero-order valence-corrected chi connectivity index (χ0v) is 11.2. The average Bonchev–Trinajstić information content (AvgIpc) is 2.38. The predicted molar refractivity (Wildman–Crippen MR) is 73.9 cm³/mol. The lowest BCUT2D eigenvalue weighted by Gasteiger charge is -2.29. The molecule has 0 spiro atoms. The third-order valence-corrected chi connectivity index (χ3v) is 3.16. The molecular weight excluding hydrogens is 226 g/mol. The zero-order valence-electron chi connectivity index (χ0n) is 11.2. The van der Waals surface area contributed by atoms with Crippen LogP contribution in [0, 0.1) is 5.92 Å². The van der Waals surface area contributed by atoms with Crippen molar-refractivity contribution in [2.24, 2.45) is 11.7 Å². The van der Waals surface area contributed by atoms with Crippen LogP contribution >= 0.6 is 0 Å². The van der Waals surface area contributed by atoms with Gasteiger partial charge in [0.1, 0.15) is 5.54 Å². The van der Waals surface area contributed by atoms with Crippen molar-refractivity contribution in [3.8, 4) is 0 Å². The third-order valence-electron chi connectivity index (χ3n) is 3.16. The van der Waals surface area contributed by atoms with Gasteiger partial charge in [-0.2, -0.15) is 0 Å². The van der Waals surface area contributed by atoms with E-state index in [-0.39, 0.29) is 11.9 Å². The van der Waals surface area contributed by atoms with Gasteiger partial charge in [0.25, 0.3) is 0 Å². The fourth-order valence-electron chi connectivity index (χ4n) is 1.70. The summed E-state index contributed by atoms with van der Waals surface area (Å²) in [6.07, 6.45) is 4.35. The minimum absolute atomic E-state index is 0.0189. The lowest BCUT2D eigenvalue weighted by atomic mass is 9.84. The van der Waals surface area contributed by atoms with Gasteiger partial charge in [-0.05, 0) is 17.9 Å². The summed E-state index contributed by atoms with van der Waals surface area (Å²) in [4.78, 5) is 11.7. The Morgan fingerprint density at radius 1 is 1.39 bits per heavy atom. The summed E-state index contributed by atoms with van der Waals surface area (Å²) in [7, 11) is 1.37. The van der Waals surface area contributed by atoms with Gasteiger partial charge < -0.3 is 10.5 Å². The van der Waals surface area contributed by atoms with Crippen molar-refractivity contribution < 1.29 is 9.53 Å². The molecule has 3 heteroatoms. The van der Waals surface area contributed by atoms with Crippen molar-refractivity contribution in [2.45, 2.75) is 25.8 Å². The molecule has 1 rings (SSSR count). The van der Waals surface area contributed by atoms with E-state index >= 15 is 0 Å². The molecule has 0 radical (unpaired) electrons. The molecule has 1 aromatic rings. The van der Waals surface area contributed by atoms with Crippen LogP contribution in [0.5, 0.6) is 0 Å². The summed E-state index contributed by atoms with van der Waals surface area (Å²) < 4.78 is 4.78. The summed E-state index contributed by atoms with van der Waals surface area (Å²) in [5, 5.41) is 0. The summed E-state index contributed by atoms with van der Waals surface area (Å²) in [5.41, 5.74) is 6.27. The normalized spacial score (nSPS) is 14.7. The van der Waals surface area contributed by atoms with Crippen LogP contribution in [0.2, 0.25) is 0 Å². The van der Waals surface area contributed by atoms with Crippen LogP contribution in [-0.4, -0.2) is 18.6 Å². The largest absolute Gasteiger partial charge is 0.468 e. The Bertz CT molecular complexity index is 412. The Hall–Kier alpha value is -1.61. The number of hydrogen-bond acceptors (Lipinski definition) is 3. The van der Waals surface area contributed by atoms with Crippen LogP contribution in [0.4, 0.5) is 0 Å². The van der Waals surface area contributed by atoms with Gasteiger partial charge in [-0.25, -0.2) is 0 Å². The number of ether oxygens (including phenoxy) is 1. The molecule has 0 unspecified atom stereocenters. The van der Waals surface area contributed by atoms with E-state index in [1.807, 2.05) is 56.3 Å². The molecule has 0 fully saturated rings. The van der Waals surface area contributed by atoms with Crippen LogP contribution in [0.1, 0.15) is 25.8 Å². The van der Waals surface area contributed by atoms with E-state index in [0.717, 1.165) is 5.56 Å². The minimum Gasteiger partial charge on any atom is -0.468 e. The molecule has 0 saturated heterocycles. The van der Waals surface area contributed by atoms with Gasteiger partial charge in [-0.15, -0.1) is 0 Å². The van der Waals surface area contributed by atoms with Crippen molar-refractivity contribution >= 4 is 12.0 Å². The summed E-state index contributed by atoms with van der Waals surface area (Å²) in [5.74, 6) is -0.347. The Balaban J connectivity index is 2.75. The highest BCUT2D eigenvalue weighted by molar-refractivity contribution is 5.81. The molecule has 2 N–H and O–H groups in total. The number of rotatable bonds is 5. The fraction of sp³-hybridized carbons (Fsp3) is 0.400. The van der Waals surface area contributed by atoms with E-state index in [1.165, 1.54) is 7.11 Å². The second-order valence-corrected chi connectivity index (χ2v) is 4.70. The van der Waals surface area contributed by atoms with Crippen LogP contribution in [0.3, 0.4) is 0 Å². The average molecular weight is 247 g/mol. The van der Waals surface area contributed by atoms with E-state index in [1.54, 1.807) is 0 Å². The van der Waals surface area contributed by atoms with Crippen molar-refractivity contribution in [1.82, 2.24) is 0 Å². The molecule has 0 aliphatic rings. The summed E-state index contributed by atoms with van der Waals surface area (Å²) >= 11 is 0. The van der Waals surface area contributed by atoms with Gasteiger partial charge in [0, 0.05) is 0 Å². The number of carbonyl (C=O) groups excluding carboxylic acids is 1. The zero-order chi connectivity index (χ0) is 13.6. The molecule has 1 atom stereocenters. The molecule has 0 aliphatic heterocycles. The van der Waals surface area contributed by atoms with Gasteiger partial charge >= 0.3 is 5.97 Å². The molecule has 98 valence electrons. The number of carbonyl (C=O) groups is 1. The molecule has 0 aliphatic carbocycles. The SMILES string of the molecule is COC(=O)[C@@](N)(C/C=C/c1ccccc1)C(C)C. The molecule has 0 aromatic heterocycles. The highest BCUT2D eigenvalue weighted by Gasteiger charge is 2.37. The number of hydrogen-bond donors (Lipinski definition) is 1. The predicted octanol–water partition coefficient (Wildman–Crippen LogP) is 2.62. The highest BCUT2D eigenvalue weighted by Crippen LogP contribution is 2.21. The topological polar surface area (TPSA) is 52.3 Å². The maximum absolute atomic E-state index is 11.7. The second kappa shape index (κ2) is 6.36. The van der Waals surface area contributed by atoms with Gasteiger partial charge in [0.05, 0.1) is 7.11 Å². The summed E-state index contributed by atoms with van der Waals surface area (Å²) in [6, 6.07) is 9.91. The first-order valence-corrected chi connectivity index (χ1v) is 6.09. The Labute approximate surface area is 109 Å². The van der Waals surface area contributed by atoms with Gasteiger partial charge in [0.2, 0.25) is 0 Å². The van der Waals surface area contributed by atoms with Crippen molar-refractivity contribution in [3.63, 3.8) is 0 Å². The van der Waals surface area contributed by atoms with Crippen LogP contribution in [-0.2, 0) is 9.53 Å². The third kappa shape index (κ3) is 3.44. The number of esters is 1. The number of nitrogens with two attached hydrogens (primary N) is 1. The molecule has 3 nitrogen and oxygen atoms in total. The molecule has 18 heavy (non-hydrogen) atoms. The molecule has 0 amide bonds. The summed E-state index contributed by atoms with van der Waals surface area (Å²) in [6.45, 7) is 3.85. The first-order valence-electron chi connectivity index (χ1n) is 6.09. The first-order chi connectivity index (χ1) is 8.50. The van der Waals surface area contributed by atoms with Gasteiger partial charge in [-0.1, -0.05) is 56.3 Å². The van der Waals surface area contributed by atoms with Gasteiger partial charge in [0.15, 0.2) is 0 Å². The van der Waals surface area contributed by atoms with Crippen molar-refractivity contribution in [2.75, 3.05) is 7.11 Å². The van der Waals surface area contributed by atoms with E-state index in [9.17, 15) is 4.79 Å². The lowest BCUT2D eigenvalue weighted by molar-refractivity contribution is -0.148. The molecule has 0 bridgehead atoms. The standard InChI is InChI=1S/C15H21NO2/c1-12(2)15(16,14(17)18-3)11-7-10-13-8-5-4-6-9-13/h4-10,12H,11,16H2,1-3H3/b10-7+/t15-/m1/s1. The van der Waals surface area contributed by atoms with E-state index in [2.05, 4.69) is 0 Å². The van der Waals surface area contributed by atoms with Crippen molar-refractivity contribution in [1.29, 1.82) is 0 Å². The fourth-order valence-corrected chi connectivity index (χ4v) is 1.70. The minimum atomic E-state index is -0.958. The molecular formula is C15H21NO2. The Kier molecular flexibility index (Phi) is 5.10. The highest BCUT2D eigenvalue weighted by atomic mass is 16.5. The van der Waals surface area contributed by atoms with Crippen LogP contribution in [0.25, 0.3) is 6.08 Å². The molecule has 0 saturated carbocycles. The quantitative estimate of drug-likeness (QED) is 0.814. The maximum Gasteiger partial charge on any atom is 0.326 e.